The van der Waals surface area contributed by atoms with E-state index in [4.69, 9.17) is 0 Å². The fourth-order valence-corrected chi connectivity index (χ4v) is 9.80. The minimum absolute atomic E-state index is 0.0213. The molecule has 4 heteroatoms. The highest BCUT2D eigenvalue weighted by Gasteiger charge is 2.69. The Balaban J connectivity index is 1.69. The van der Waals surface area contributed by atoms with Crippen LogP contribution in [0.2, 0.25) is 0 Å². The lowest BCUT2D eigenvalue weighted by Crippen LogP contribution is -2.63. The van der Waals surface area contributed by atoms with Crippen molar-refractivity contribution < 1.29 is 20.4 Å². The summed E-state index contributed by atoms with van der Waals surface area (Å²) in [7, 11) is 0. The zero-order valence-corrected chi connectivity index (χ0v) is 22.6. The molecule has 0 heterocycles. The molecule has 0 unspecified atom stereocenters. The molecule has 0 aromatic rings. The van der Waals surface area contributed by atoms with Crippen molar-refractivity contribution >= 4 is 0 Å². The van der Waals surface area contributed by atoms with Crippen LogP contribution >= 0.6 is 0 Å². The third-order valence-corrected chi connectivity index (χ3v) is 11.8. The molecule has 194 valence electrons. The Hall–Kier alpha value is -0.680. The lowest BCUT2D eigenvalue weighted by atomic mass is 9.38. The van der Waals surface area contributed by atoms with E-state index in [1.54, 1.807) is 0 Å². The minimum Gasteiger partial charge on any atom is -0.395 e. The van der Waals surface area contributed by atoms with Crippen LogP contribution in [0.15, 0.2) is 23.3 Å². The number of allylic oxidation sites excluding steroid dienone is 1. The van der Waals surface area contributed by atoms with Gasteiger partial charge in [-0.15, -0.1) is 0 Å². The van der Waals surface area contributed by atoms with Crippen LogP contribution < -0.4 is 0 Å². The van der Waals surface area contributed by atoms with Crippen LogP contribution in [-0.4, -0.2) is 45.3 Å². The third-order valence-electron chi connectivity index (χ3n) is 11.8. The predicted molar refractivity (Wildman–Crippen MR) is 137 cm³/mol. The zero-order valence-electron chi connectivity index (χ0n) is 22.6. The van der Waals surface area contributed by atoms with Gasteiger partial charge in [0, 0.05) is 11.3 Å². The average Bonchev–Trinajstić information content (AvgIpc) is 3.01. The molecule has 4 N–H and O–H groups in total. The molecule has 0 bridgehead atoms. The Morgan fingerprint density at radius 1 is 1.03 bits per heavy atom. The molecular weight excluding hydrogens is 424 g/mol. The van der Waals surface area contributed by atoms with Gasteiger partial charge in [-0.3, -0.25) is 0 Å². The van der Waals surface area contributed by atoms with E-state index >= 15 is 0 Å². The summed E-state index contributed by atoms with van der Waals surface area (Å²) >= 11 is 0. The largest absolute Gasteiger partial charge is 0.395 e. The molecule has 0 amide bonds. The summed E-state index contributed by atoms with van der Waals surface area (Å²) in [6.07, 6.45) is 9.46. The van der Waals surface area contributed by atoms with Gasteiger partial charge >= 0.3 is 0 Å². The van der Waals surface area contributed by atoms with Crippen LogP contribution in [0, 0.1) is 45.3 Å². The maximum absolute atomic E-state index is 11.7. The summed E-state index contributed by atoms with van der Waals surface area (Å²) in [4.78, 5) is 0. The SMILES string of the molecule is CC(C)=C[C@H](O)C[C@@H](C)[C@H]1CC[C@@]2(C)[C@@H]3[C@@H](O)C=C4[C@@H](CC[C@H](O)[C@]4(C)CO)[C@]3(C)CC[C@]12C. The standard InChI is InChI=1S/C30H50O4/c1-18(2)14-20(32)15-19(3)21-10-11-30(7)26-24(33)16-23-22(8-9-25(34)28(23,5)17-31)27(26,4)12-13-29(21,30)6/h14,16,19-22,24-26,31-34H,8-13,15,17H2,1-7H3/t19-,20+,21-,22-,24+,25+,26-,27+,28-,29-,30+/m1/s1. The van der Waals surface area contributed by atoms with E-state index in [1.165, 1.54) is 0 Å². The topological polar surface area (TPSA) is 80.9 Å². The second-order valence-corrected chi connectivity index (χ2v) is 13.8. The van der Waals surface area contributed by atoms with E-state index in [0.29, 0.717) is 24.2 Å². The van der Waals surface area contributed by atoms with Gasteiger partial charge < -0.3 is 20.4 Å². The number of rotatable bonds is 5. The van der Waals surface area contributed by atoms with E-state index in [2.05, 4.69) is 27.7 Å². The first-order valence-corrected chi connectivity index (χ1v) is 13.8. The van der Waals surface area contributed by atoms with Crippen molar-refractivity contribution in [3.63, 3.8) is 0 Å². The maximum atomic E-state index is 11.7. The van der Waals surface area contributed by atoms with Crippen molar-refractivity contribution in [1.29, 1.82) is 0 Å². The fraction of sp³-hybridized carbons (Fsp3) is 0.867. The molecule has 34 heavy (non-hydrogen) atoms. The van der Waals surface area contributed by atoms with Gasteiger partial charge in [0.15, 0.2) is 0 Å². The highest BCUT2D eigenvalue weighted by Crippen LogP contribution is 2.74. The van der Waals surface area contributed by atoms with Gasteiger partial charge in [-0.05, 0) is 92.8 Å². The van der Waals surface area contributed by atoms with Gasteiger partial charge in [-0.1, -0.05) is 57.9 Å². The fourth-order valence-electron chi connectivity index (χ4n) is 9.80. The van der Waals surface area contributed by atoms with Crippen molar-refractivity contribution in [3.05, 3.63) is 23.3 Å². The molecule has 0 spiro atoms. The van der Waals surface area contributed by atoms with Crippen molar-refractivity contribution in [2.75, 3.05) is 6.61 Å². The first-order valence-electron chi connectivity index (χ1n) is 13.8. The van der Waals surface area contributed by atoms with Gasteiger partial charge in [0.05, 0.1) is 24.9 Å². The first-order chi connectivity index (χ1) is 15.7. The summed E-state index contributed by atoms with van der Waals surface area (Å²) in [6, 6.07) is 0. The number of fused-ring (bicyclic) bond motifs is 5. The lowest BCUT2D eigenvalue weighted by molar-refractivity contribution is -0.179. The van der Waals surface area contributed by atoms with E-state index in [-0.39, 0.29) is 34.9 Å². The molecule has 4 aliphatic carbocycles. The van der Waals surface area contributed by atoms with E-state index in [0.717, 1.165) is 49.7 Å². The average molecular weight is 475 g/mol. The molecular formula is C30H50O4. The highest BCUT2D eigenvalue weighted by atomic mass is 16.3. The van der Waals surface area contributed by atoms with Crippen molar-refractivity contribution in [2.45, 2.75) is 112 Å². The predicted octanol–water partition coefficient (Wildman–Crippen LogP) is 5.25. The van der Waals surface area contributed by atoms with Crippen LogP contribution in [0.25, 0.3) is 0 Å². The molecule has 0 aliphatic heterocycles. The van der Waals surface area contributed by atoms with Crippen LogP contribution in [-0.2, 0) is 0 Å². The Morgan fingerprint density at radius 2 is 1.71 bits per heavy atom. The smallest absolute Gasteiger partial charge is 0.0762 e. The van der Waals surface area contributed by atoms with Crippen molar-refractivity contribution in [3.8, 4) is 0 Å². The molecule has 0 saturated heterocycles. The van der Waals surface area contributed by atoms with Gasteiger partial charge in [0.2, 0.25) is 0 Å². The molecule has 4 aliphatic rings. The monoisotopic (exact) mass is 474 g/mol. The highest BCUT2D eigenvalue weighted by molar-refractivity contribution is 5.33. The molecule has 0 aromatic carbocycles. The number of aliphatic hydroxyl groups is 4. The Bertz CT molecular complexity index is 845. The first kappa shape index (κ1) is 26.4. The molecule has 0 aromatic heterocycles. The summed E-state index contributed by atoms with van der Waals surface area (Å²) in [6.45, 7) is 15.6. The summed E-state index contributed by atoms with van der Waals surface area (Å²) < 4.78 is 0. The quantitative estimate of drug-likeness (QED) is 0.410. The number of aliphatic hydroxyl groups excluding tert-OH is 4. The number of hydrogen-bond donors (Lipinski definition) is 4. The Kier molecular flexibility index (Phi) is 6.76. The minimum atomic E-state index is -0.659. The van der Waals surface area contributed by atoms with Gasteiger partial charge in [0.1, 0.15) is 0 Å². The second-order valence-electron chi connectivity index (χ2n) is 13.8. The summed E-state index contributed by atoms with van der Waals surface area (Å²) in [5, 5.41) is 43.4. The Labute approximate surface area is 207 Å². The molecule has 4 rings (SSSR count). The van der Waals surface area contributed by atoms with Gasteiger partial charge in [-0.2, -0.15) is 0 Å². The van der Waals surface area contributed by atoms with E-state index in [1.807, 2.05) is 32.9 Å². The van der Waals surface area contributed by atoms with Gasteiger partial charge in [-0.25, -0.2) is 0 Å². The molecule has 11 atom stereocenters. The van der Waals surface area contributed by atoms with E-state index < -0.39 is 17.6 Å². The van der Waals surface area contributed by atoms with Crippen LogP contribution in [0.3, 0.4) is 0 Å². The second kappa shape index (κ2) is 8.71. The summed E-state index contributed by atoms with van der Waals surface area (Å²) in [5.74, 6) is 1.44. The molecule has 3 fully saturated rings. The van der Waals surface area contributed by atoms with Crippen molar-refractivity contribution in [2.24, 2.45) is 45.3 Å². The molecule has 4 nitrogen and oxygen atoms in total. The Morgan fingerprint density at radius 3 is 2.32 bits per heavy atom. The number of hydrogen-bond acceptors (Lipinski definition) is 4. The zero-order chi connectivity index (χ0) is 25.3. The third kappa shape index (κ3) is 3.61. The van der Waals surface area contributed by atoms with Crippen LogP contribution in [0.4, 0.5) is 0 Å². The molecule has 3 saturated carbocycles. The normalized spacial score (nSPS) is 49.9. The maximum Gasteiger partial charge on any atom is 0.0762 e. The van der Waals surface area contributed by atoms with Crippen LogP contribution in [0.1, 0.15) is 93.4 Å². The van der Waals surface area contributed by atoms with Gasteiger partial charge in [0.25, 0.3) is 0 Å². The van der Waals surface area contributed by atoms with Crippen LogP contribution in [0.5, 0.6) is 0 Å². The lowest BCUT2D eigenvalue weighted by Gasteiger charge is -2.67. The molecule has 0 radical (unpaired) electrons. The van der Waals surface area contributed by atoms with Crippen molar-refractivity contribution in [1.82, 2.24) is 0 Å². The van der Waals surface area contributed by atoms with E-state index in [9.17, 15) is 20.4 Å². The summed E-state index contributed by atoms with van der Waals surface area (Å²) in [5.41, 5.74) is 1.72.